The lowest BCUT2D eigenvalue weighted by atomic mass is 10.3. The van der Waals surface area contributed by atoms with Crippen LogP contribution in [0.4, 0.5) is 4.39 Å². The average molecular weight is 306 g/mol. The van der Waals surface area contributed by atoms with Crippen LogP contribution < -0.4 is 10.5 Å². The lowest BCUT2D eigenvalue weighted by molar-refractivity contribution is 0.217. The molecule has 1 aromatic heterocycles. The molecular weight excluding hydrogens is 296 g/mol. The second kappa shape index (κ2) is 5.89. The normalized spacial score (nSPS) is 12.4. The van der Waals surface area contributed by atoms with E-state index in [0.717, 1.165) is 4.88 Å². The van der Waals surface area contributed by atoms with Gasteiger partial charge in [0.2, 0.25) is 0 Å². The predicted molar refractivity (Wildman–Crippen MR) is 73.2 cm³/mol. The monoisotopic (exact) mass is 305 g/mol. The van der Waals surface area contributed by atoms with Gasteiger partial charge in [-0.15, -0.1) is 11.3 Å². The van der Waals surface area contributed by atoms with Crippen molar-refractivity contribution in [3.63, 3.8) is 0 Å². The number of benzene rings is 1. The van der Waals surface area contributed by atoms with Crippen molar-refractivity contribution in [3.05, 3.63) is 50.4 Å². The summed E-state index contributed by atoms with van der Waals surface area (Å²) in [5, 5.41) is 0.0609. The maximum absolute atomic E-state index is 13.3. The van der Waals surface area contributed by atoms with Gasteiger partial charge in [-0.05, 0) is 24.3 Å². The van der Waals surface area contributed by atoms with Gasteiger partial charge in [0.15, 0.2) is 0 Å². The number of ether oxygens (including phenoxy) is 1. The first-order chi connectivity index (χ1) is 8.60. The van der Waals surface area contributed by atoms with Crippen LogP contribution in [0.3, 0.4) is 0 Å². The molecule has 0 saturated carbocycles. The molecule has 2 aromatic rings. The van der Waals surface area contributed by atoms with Crippen molar-refractivity contribution < 1.29 is 9.13 Å². The molecular formula is C12H10Cl2FNOS. The quantitative estimate of drug-likeness (QED) is 0.915. The highest BCUT2D eigenvalue weighted by molar-refractivity contribution is 7.16. The average Bonchev–Trinajstić information content (AvgIpc) is 2.77. The van der Waals surface area contributed by atoms with Crippen LogP contribution in [0, 0.1) is 5.82 Å². The summed E-state index contributed by atoms with van der Waals surface area (Å²) in [6.07, 6.45) is -0.344. The molecule has 1 aromatic carbocycles. The van der Waals surface area contributed by atoms with Crippen LogP contribution in [0.5, 0.6) is 5.75 Å². The zero-order valence-corrected chi connectivity index (χ0v) is 11.5. The first-order valence-corrected chi connectivity index (χ1v) is 6.74. The van der Waals surface area contributed by atoms with Crippen molar-refractivity contribution in [2.24, 2.45) is 5.73 Å². The first-order valence-electron chi connectivity index (χ1n) is 5.17. The molecule has 0 radical (unpaired) electrons. The van der Waals surface area contributed by atoms with Gasteiger partial charge in [0.05, 0.1) is 9.36 Å². The second-order valence-corrected chi connectivity index (χ2v) is 5.71. The van der Waals surface area contributed by atoms with Crippen LogP contribution in [0.1, 0.15) is 11.0 Å². The number of halogens is 3. The molecule has 6 heteroatoms. The third kappa shape index (κ3) is 3.14. The topological polar surface area (TPSA) is 35.2 Å². The van der Waals surface area contributed by atoms with E-state index >= 15 is 0 Å². The highest BCUT2D eigenvalue weighted by atomic mass is 35.5. The van der Waals surface area contributed by atoms with Gasteiger partial charge in [-0.1, -0.05) is 23.2 Å². The van der Waals surface area contributed by atoms with E-state index in [-0.39, 0.29) is 17.7 Å². The number of hydrogen-bond acceptors (Lipinski definition) is 3. The summed E-state index contributed by atoms with van der Waals surface area (Å²) >= 11 is 12.8. The minimum Gasteiger partial charge on any atom is -0.483 e. The van der Waals surface area contributed by atoms with Crippen molar-refractivity contribution in [1.29, 1.82) is 0 Å². The molecule has 0 spiro atoms. The fourth-order valence-corrected chi connectivity index (χ4v) is 2.66. The minimum atomic E-state index is -0.519. The zero-order valence-electron chi connectivity index (χ0n) is 9.20. The van der Waals surface area contributed by atoms with Crippen LogP contribution in [0.2, 0.25) is 9.36 Å². The molecule has 2 rings (SSSR count). The highest BCUT2D eigenvalue weighted by Gasteiger charge is 2.14. The summed E-state index contributed by atoms with van der Waals surface area (Å²) in [5.74, 6) is -0.133. The summed E-state index contributed by atoms with van der Waals surface area (Å²) < 4.78 is 19.6. The van der Waals surface area contributed by atoms with Gasteiger partial charge in [0.1, 0.15) is 17.7 Å². The molecule has 0 amide bonds. The van der Waals surface area contributed by atoms with E-state index in [1.54, 1.807) is 12.1 Å². The lowest BCUT2D eigenvalue weighted by Gasteiger charge is -2.16. The van der Waals surface area contributed by atoms with Gasteiger partial charge in [-0.2, -0.15) is 0 Å². The van der Waals surface area contributed by atoms with E-state index in [1.165, 1.54) is 23.5 Å². The van der Waals surface area contributed by atoms with Crippen molar-refractivity contribution in [2.75, 3.05) is 6.54 Å². The molecule has 0 saturated heterocycles. The van der Waals surface area contributed by atoms with E-state index in [4.69, 9.17) is 33.7 Å². The Morgan fingerprint density at radius 3 is 2.61 bits per heavy atom. The van der Waals surface area contributed by atoms with Gasteiger partial charge >= 0.3 is 0 Å². The van der Waals surface area contributed by atoms with E-state index in [0.29, 0.717) is 10.1 Å². The Balaban J connectivity index is 2.17. The second-order valence-electron chi connectivity index (χ2n) is 3.56. The smallest absolute Gasteiger partial charge is 0.145 e. The molecule has 1 unspecified atom stereocenters. The maximum Gasteiger partial charge on any atom is 0.145 e. The Bertz CT molecular complexity index is 547. The van der Waals surface area contributed by atoms with Crippen LogP contribution >= 0.6 is 34.5 Å². The highest BCUT2D eigenvalue weighted by Crippen LogP contribution is 2.30. The first kappa shape index (κ1) is 13.6. The molecule has 0 aliphatic rings. The molecule has 96 valence electrons. The Kier molecular flexibility index (Phi) is 4.45. The molecule has 0 fully saturated rings. The predicted octanol–water partition coefficient (Wildman–Crippen LogP) is 4.27. The minimum absolute atomic E-state index is 0.0609. The standard InChI is InChI=1S/C12H10Cl2FNOS/c13-8-2-1-7(5-9(8)15)17-10(6-16)11-3-4-12(14)18-11/h1-5,10H,6,16H2. The molecule has 2 N–H and O–H groups in total. The SMILES string of the molecule is NCC(Oc1ccc(Cl)c(F)c1)c1ccc(Cl)s1. The molecule has 2 nitrogen and oxygen atoms in total. The molecule has 1 heterocycles. The summed E-state index contributed by atoms with van der Waals surface area (Å²) in [5.41, 5.74) is 5.65. The molecule has 0 aliphatic heterocycles. The number of hydrogen-bond donors (Lipinski definition) is 1. The van der Waals surface area contributed by atoms with Crippen molar-refractivity contribution in [3.8, 4) is 5.75 Å². The van der Waals surface area contributed by atoms with Gasteiger partial charge < -0.3 is 10.5 Å². The van der Waals surface area contributed by atoms with E-state index in [2.05, 4.69) is 0 Å². The molecule has 18 heavy (non-hydrogen) atoms. The van der Waals surface area contributed by atoms with Crippen molar-refractivity contribution >= 4 is 34.5 Å². The van der Waals surface area contributed by atoms with Gasteiger partial charge in [0, 0.05) is 17.5 Å². The largest absolute Gasteiger partial charge is 0.483 e. The molecule has 0 aliphatic carbocycles. The van der Waals surface area contributed by atoms with E-state index in [1.807, 2.05) is 6.07 Å². The van der Waals surface area contributed by atoms with Gasteiger partial charge in [-0.3, -0.25) is 0 Å². The maximum atomic E-state index is 13.3. The third-order valence-corrected chi connectivity index (χ3v) is 3.92. The van der Waals surface area contributed by atoms with E-state index < -0.39 is 5.82 Å². The summed E-state index contributed by atoms with van der Waals surface area (Å²) in [7, 11) is 0. The Morgan fingerprint density at radius 2 is 2.06 bits per heavy atom. The van der Waals surface area contributed by atoms with Gasteiger partial charge in [0.25, 0.3) is 0 Å². The van der Waals surface area contributed by atoms with Crippen LogP contribution in [-0.2, 0) is 0 Å². The van der Waals surface area contributed by atoms with E-state index in [9.17, 15) is 4.39 Å². The Labute approximate surface area is 118 Å². The Hall–Kier alpha value is -0.810. The van der Waals surface area contributed by atoms with Gasteiger partial charge in [-0.25, -0.2) is 4.39 Å². The summed E-state index contributed by atoms with van der Waals surface area (Å²) in [4.78, 5) is 0.901. The number of thiophene rings is 1. The number of nitrogens with two attached hydrogens (primary N) is 1. The Morgan fingerprint density at radius 1 is 1.28 bits per heavy atom. The molecule has 1 atom stereocenters. The molecule has 0 bridgehead atoms. The van der Waals surface area contributed by atoms with Crippen molar-refractivity contribution in [2.45, 2.75) is 6.10 Å². The third-order valence-electron chi connectivity index (χ3n) is 2.29. The van der Waals surface area contributed by atoms with Crippen LogP contribution in [-0.4, -0.2) is 6.54 Å². The lowest BCUT2D eigenvalue weighted by Crippen LogP contribution is -2.17. The fraction of sp³-hybridized carbons (Fsp3) is 0.167. The summed E-state index contributed by atoms with van der Waals surface area (Å²) in [6, 6.07) is 7.90. The summed E-state index contributed by atoms with van der Waals surface area (Å²) in [6.45, 7) is 0.279. The number of rotatable bonds is 4. The van der Waals surface area contributed by atoms with Crippen LogP contribution in [0.25, 0.3) is 0 Å². The van der Waals surface area contributed by atoms with Crippen LogP contribution in [0.15, 0.2) is 30.3 Å². The zero-order chi connectivity index (χ0) is 13.1. The van der Waals surface area contributed by atoms with Crippen molar-refractivity contribution in [1.82, 2.24) is 0 Å². The fourth-order valence-electron chi connectivity index (χ4n) is 1.44.